The molecule has 0 atom stereocenters. The van der Waals surface area contributed by atoms with Crippen LogP contribution in [0.15, 0.2) is 48.5 Å². The van der Waals surface area contributed by atoms with Crippen LogP contribution in [-0.4, -0.2) is 37.0 Å². The molecule has 2 N–H and O–H groups in total. The summed E-state index contributed by atoms with van der Waals surface area (Å²) in [6, 6.07) is 13.7. The highest BCUT2D eigenvalue weighted by Gasteiger charge is 2.13. The number of aryl methyl sites for hydroxylation is 1. The van der Waals surface area contributed by atoms with Gasteiger partial charge in [0, 0.05) is 17.8 Å². The van der Waals surface area contributed by atoms with Gasteiger partial charge in [-0.1, -0.05) is 39.0 Å². The van der Waals surface area contributed by atoms with Gasteiger partial charge in [0.05, 0.1) is 18.6 Å². The number of para-hydroxylation sites is 1. The average molecular weight is 455 g/mol. The fourth-order valence-electron chi connectivity index (χ4n) is 2.81. The van der Waals surface area contributed by atoms with Crippen LogP contribution in [0.5, 0.6) is 0 Å². The Morgan fingerprint density at radius 2 is 1.55 bits per heavy atom. The highest BCUT2D eigenvalue weighted by molar-refractivity contribution is 5.95. The number of carbonyl (C=O) groups is 4. The second kappa shape index (κ2) is 13.0. The van der Waals surface area contributed by atoms with Crippen molar-refractivity contribution in [3.8, 4) is 0 Å². The van der Waals surface area contributed by atoms with Crippen LogP contribution >= 0.6 is 0 Å². The summed E-state index contributed by atoms with van der Waals surface area (Å²) in [4.78, 5) is 47.9. The molecule has 8 nitrogen and oxygen atoms in total. The summed E-state index contributed by atoms with van der Waals surface area (Å²) in [6.45, 7) is 5.78. The van der Waals surface area contributed by atoms with E-state index in [1.54, 1.807) is 30.3 Å². The summed E-state index contributed by atoms with van der Waals surface area (Å²) in [6.07, 6.45) is 0.498. The first-order chi connectivity index (χ1) is 15.8. The highest BCUT2D eigenvalue weighted by Crippen LogP contribution is 2.15. The lowest BCUT2D eigenvalue weighted by Crippen LogP contribution is -2.22. The number of ether oxygens (including phenoxy) is 2. The summed E-state index contributed by atoms with van der Waals surface area (Å²) < 4.78 is 10.1. The largest absolute Gasteiger partial charge is 0.462 e. The van der Waals surface area contributed by atoms with E-state index >= 15 is 0 Å². The van der Waals surface area contributed by atoms with Gasteiger partial charge in [0.25, 0.3) is 5.91 Å². The van der Waals surface area contributed by atoms with Gasteiger partial charge < -0.3 is 20.1 Å². The molecule has 2 aromatic rings. The molecule has 0 aromatic heterocycles. The number of hydrogen-bond donors (Lipinski definition) is 2. The van der Waals surface area contributed by atoms with Gasteiger partial charge in [0.2, 0.25) is 5.91 Å². The molecule has 0 aliphatic rings. The molecule has 0 unspecified atom stereocenters. The Labute approximate surface area is 193 Å². The van der Waals surface area contributed by atoms with Crippen molar-refractivity contribution in [1.82, 2.24) is 0 Å². The molecule has 0 bridgehead atoms. The van der Waals surface area contributed by atoms with E-state index in [2.05, 4.69) is 10.6 Å². The molecule has 0 heterocycles. The number of esters is 2. The number of anilines is 2. The molecule has 0 fully saturated rings. The SMILES string of the molecule is CCc1ccccc1NC(=O)COC(=O)CCC(=O)Nc1ccc(C(=O)OCC(C)C)cc1. The van der Waals surface area contributed by atoms with Gasteiger partial charge in [0.15, 0.2) is 6.61 Å². The number of hydrogen-bond acceptors (Lipinski definition) is 6. The zero-order chi connectivity index (χ0) is 24.2. The number of carbonyl (C=O) groups excluding carboxylic acids is 4. The Bertz CT molecular complexity index is 969. The molecule has 2 aromatic carbocycles. The van der Waals surface area contributed by atoms with Crippen LogP contribution in [0.1, 0.15) is 49.5 Å². The third-order valence-electron chi connectivity index (χ3n) is 4.54. The maximum absolute atomic E-state index is 12.1. The highest BCUT2D eigenvalue weighted by atomic mass is 16.5. The van der Waals surface area contributed by atoms with Gasteiger partial charge in [-0.05, 0) is 48.2 Å². The first-order valence-electron chi connectivity index (χ1n) is 10.9. The molecule has 0 spiro atoms. The minimum Gasteiger partial charge on any atom is -0.462 e. The van der Waals surface area contributed by atoms with E-state index < -0.39 is 24.5 Å². The molecule has 176 valence electrons. The normalized spacial score (nSPS) is 10.4. The van der Waals surface area contributed by atoms with Crippen LogP contribution in [0.3, 0.4) is 0 Å². The molecular weight excluding hydrogens is 424 g/mol. The molecule has 2 amide bonds. The molecule has 8 heteroatoms. The first-order valence-corrected chi connectivity index (χ1v) is 10.9. The lowest BCUT2D eigenvalue weighted by molar-refractivity contribution is -0.147. The number of rotatable bonds is 11. The molecule has 0 aliphatic heterocycles. The van der Waals surface area contributed by atoms with Gasteiger partial charge in [0.1, 0.15) is 0 Å². The Balaban J connectivity index is 1.70. The molecular formula is C25H30N2O6. The van der Waals surface area contributed by atoms with Crippen LogP contribution in [0.2, 0.25) is 0 Å². The molecule has 0 radical (unpaired) electrons. The Morgan fingerprint density at radius 3 is 2.21 bits per heavy atom. The fourth-order valence-corrected chi connectivity index (χ4v) is 2.81. The van der Waals surface area contributed by atoms with Crippen molar-refractivity contribution >= 4 is 35.1 Å². The van der Waals surface area contributed by atoms with Crippen LogP contribution in [0, 0.1) is 5.92 Å². The van der Waals surface area contributed by atoms with Crippen LogP contribution in [0.4, 0.5) is 11.4 Å². The molecule has 0 saturated carbocycles. The maximum atomic E-state index is 12.1. The van der Waals surface area contributed by atoms with Crippen molar-refractivity contribution in [2.24, 2.45) is 5.92 Å². The zero-order valence-electron chi connectivity index (χ0n) is 19.2. The monoisotopic (exact) mass is 454 g/mol. The van der Waals surface area contributed by atoms with E-state index in [1.807, 2.05) is 39.0 Å². The van der Waals surface area contributed by atoms with Crippen LogP contribution < -0.4 is 10.6 Å². The Hall–Kier alpha value is -3.68. The fraction of sp³-hybridized carbons (Fsp3) is 0.360. The van der Waals surface area contributed by atoms with E-state index in [4.69, 9.17) is 9.47 Å². The minimum atomic E-state index is -0.646. The van der Waals surface area contributed by atoms with Crippen molar-refractivity contribution in [3.05, 3.63) is 59.7 Å². The lowest BCUT2D eigenvalue weighted by Gasteiger charge is -2.10. The average Bonchev–Trinajstić information content (AvgIpc) is 2.80. The second-order valence-corrected chi connectivity index (χ2v) is 7.84. The summed E-state index contributed by atoms with van der Waals surface area (Å²) in [5.74, 6) is -1.66. The van der Waals surface area contributed by atoms with E-state index in [-0.39, 0.29) is 24.7 Å². The van der Waals surface area contributed by atoms with E-state index in [9.17, 15) is 19.2 Å². The van der Waals surface area contributed by atoms with Crippen molar-refractivity contribution in [3.63, 3.8) is 0 Å². The number of nitrogens with one attached hydrogen (secondary N) is 2. The van der Waals surface area contributed by atoms with Crippen molar-refractivity contribution < 1.29 is 28.7 Å². The predicted octanol–water partition coefficient (Wildman–Crippen LogP) is 3.96. The maximum Gasteiger partial charge on any atom is 0.338 e. The van der Waals surface area contributed by atoms with E-state index in [0.29, 0.717) is 23.5 Å². The topological polar surface area (TPSA) is 111 Å². The van der Waals surface area contributed by atoms with Crippen molar-refractivity contribution in [2.75, 3.05) is 23.8 Å². The van der Waals surface area contributed by atoms with Gasteiger partial charge in [-0.3, -0.25) is 14.4 Å². The second-order valence-electron chi connectivity index (χ2n) is 7.84. The summed E-state index contributed by atoms with van der Waals surface area (Å²) >= 11 is 0. The van der Waals surface area contributed by atoms with E-state index in [1.165, 1.54) is 0 Å². The standard InChI is InChI=1S/C25H30N2O6/c1-4-18-7-5-6-8-21(18)27-23(29)16-32-24(30)14-13-22(28)26-20-11-9-19(10-12-20)25(31)33-15-17(2)3/h5-12,17H,4,13-16H2,1-3H3,(H,26,28)(H,27,29). The summed E-state index contributed by atoms with van der Waals surface area (Å²) in [5, 5.41) is 5.36. The summed E-state index contributed by atoms with van der Waals surface area (Å²) in [7, 11) is 0. The van der Waals surface area contributed by atoms with Gasteiger partial charge in [-0.2, -0.15) is 0 Å². The molecule has 33 heavy (non-hydrogen) atoms. The first kappa shape index (κ1) is 25.6. The minimum absolute atomic E-state index is 0.0999. The van der Waals surface area contributed by atoms with Crippen LogP contribution in [0.25, 0.3) is 0 Å². The van der Waals surface area contributed by atoms with Crippen molar-refractivity contribution in [1.29, 1.82) is 0 Å². The van der Waals surface area contributed by atoms with E-state index in [0.717, 1.165) is 12.0 Å². The lowest BCUT2D eigenvalue weighted by atomic mass is 10.1. The Kier molecular flexibility index (Phi) is 10.1. The quantitative estimate of drug-likeness (QED) is 0.497. The van der Waals surface area contributed by atoms with Crippen molar-refractivity contribution in [2.45, 2.75) is 40.0 Å². The van der Waals surface area contributed by atoms with Gasteiger partial charge in [-0.15, -0.1) is 0 Å². The Morgan fingerprint density at radius 1 is 0.848 bits per heavy atom. The predicted molar refractivity (Wildman–Crippen MR) is 125 cm³/mol. The van der Waals surface area contributed by atoms with Gasteiger partial charge in [-0.25, -0.2) is 4.79 Å². The summed E-state index contributed by atoms with van der Waals surface area (Å²) in [5.41, 5.74) is 2.54. The van der Waals surface area contributed by atoms with Gasteiger partial charge >= 0.3 is 11.9 Å². The molecule has 0 aliphatic carbocycles. The third kappa shape index (κ3) is 9.14. The number of benzene rings is 2. The molecule has 0 saturated heterocycles. The third-order valence-corrected chi connectivity index (χ3v) is 4.54. The molecule has 2 rings (SSSR count). The smallest absolute Gasteiger partial charge is 0.338 e. The van der Waals surface area contributed by atoms with Crippen LogP contribution in [-0.2, 0) is 30.3 Å². The zero-order valence-corrected chi connectivity index (χ0v) is 19.2. The number of amides is 2.